The van der Waals surface area contributed by atoms with Gasteiger partial charge in [-0.05, 0) is 53.9 Å². The third-order valence-electron chi connectivity index (χ3n) is 6.93. The van der Waals surface area contributed by atoms with Crippen LogP contribution >= 0.6 is 15.9 Å². The Morgan fingerprint density at radius 1 is 0.857 bits per heavy atom. The summed E-state index contributed by atoms with van der Waals surface area (Å²) in [7, 11) is -4.01. The van der Waals surface area contributed by atoms with E-state index in [2.05, 4.69) is 21.2 Å². The highest BCUT2D eigenvalue weighted by atomic mass is 79.9. The Bertz CT molecular complexity index is 1630. The molecule has 42 heavy (non-hydrogen) atoms. The Labute approximate surface area is 254 Å². The molecular formula is C32H30BrN3O5S. The normalized spacial score (nSPS) is 14.6. The molecule has 4 aromatic rings. The summed E-state index contributed by atoms with van der Waals surface area (Å²) in [6, 6.07) is 32.3. The van der Waals surface area contributed by atoms with Crippen LogP contribution in [0.25, 0.3) is 0 Å². The predicted octanol–water partition coefficient (Wildman–Crippen LogP) is 4.79. The number of ether oxygens (including phenoxy) is 1. The first-order chi connectivity index (χ1) is 20.3. The van der Waals surface area contributed by atoms with Crippen LogP contribution in [0.4, 0.5) is 5.69 Å². The molecule has 0 aromatic heterocycles. The number of carbonyl (C=O) groups excluding carboxylic acids is 2. The van der Waals surface area contributed by atoms with Crippen molar-refractivity contribution in [3.63, 3.8) is 0 Å². The summed E-state index contributed by atoms with van der Waals surface area (Å²) in [6.45, 7) is -0.0474. The summed E-state index contributed by atoms with van der Waals surface area (Å²) in [4.78, 5) is 28.5. The minimum atomic E-state index is -4.01. The number of para-hydroxylation sites is 2. The molecule has 1 heterocycles. The standard InChI is InChI=1S/C32H30BrN3O5S/c33-26-15-17-27(18-16-26)42(39,40)35(20-19-24-9-3-1-4-10-24)23-31(37)36-22-30(41-29-14-8-7-13-28(29)36)32(38)34-21-25-11-5-2-6-12-25/h1-18,30H,19-23H2,(H,34,38). The van der Waals surface area contributed by atoms with Crippen molar-refractivity contribution in [2.45, 2.75) is 24.0 Å². The quantitative estimate of drug-likeness (QED) is 0.267. The van der Waals surface area contributed by atoms with Crippen molar-refractivity contribution in [1.82, 2.24) is 9.62 Å². The number of fused-ring (bicyclic) bond motifs is 1. The Hall–Kier alpha value is -3.99. The van der Waals surface area contributed by atoms with Crippen LogP contribution in [0.15, 0.2) is 119 Å². The van der Waals surface area contributed by atoms with E-state index in [1.165, 1.54) is 21.3 Å². The van der Waals surface area contributed by atoms with Crippen LogP contribution in [0.2, 0.25) is 0 Å². The second-order valence-corrected chi connectivity index (χ2v) is 12.7. The Morgan fingerprint density at radius 2 is 1.48 bits per heavy atom. The number of halogens is 1. The van der Waals surface area contributed by atoms with Gasteiger partial charge in [-0.1, -0.05) is 88.7 Å². The summed E-state index contributed by atoms with van der Waals surface area (Å²) < 4.78 is 35.5. The minimum absolute atomic E-state index is 0.0542. The molecule has 1 aliphatic rings. The van der Waals surface area contributed by atoms with Gasteiger partial charge in [-0.15, -0.1) is 0 Å². The number of sulfonamides is 1. The first-order valence-electron chi connectivity index (χ1n) is 13.5. The highest BCUT2D eigenvalue weighted by Gasteiger charge is 2.36. The molecular weight excluding hydrogens is 618 g/mol. The van der Waals surface area contributed by atoms with Gasteiger partial charge in [0.25, 0.3) is 5.91 Å². The lowest BCUT2D eigenvalue weighted by molar-refractivity contribution is -0.128. The molecule has 0 radical (unpaired) electrons. The fourth-order valence-electron chi connectivity index (χ4n) is 4.68. The molecule has 1 unspecified atom stereocenters. The van der Waals surface area contributed by atoms with Crippen molar-refractivity contribution >= 4 is 43.5 Å². The number of hydrogen-bond acceptors (Lipinski definition) is 5. The molecule has 10 heteroatoms. The summed E-state index contributed by atoms with van der Waals surface area (Å²) in [6.07, 6.45) is -0.540. The van der Waals surface area contributed by atoms with Crippen LogP contribution < -0.4 is 15.0 Å². The maximum atomic E-state index is 13.9. The summed E-state index contributed by atoms with van der Waals surface area (Å²) in [5.41, 5.74) is 2.37. The van der Waals surface area contributed by atoms with Crippen LogP contribution in [-0.2, 0) is 32.6 Å². The van der Waals surface area contributed by atoms with Crippen molar-refractivity contribution in [3.05, 3.63) is 125 Å². The van der Waals surface area contributed by atoms with Gasteiger partial charge in [-0.3, -0.25) is 9.59 Å². The van der Waals surface area contributed by atoms with Crippen LogP contribution in [0, 0.1) is 0 Å². The second kappa shape index (κ2) is 13.3. The Balaban J connectivity index is 1.38. The second-order valence-electron chi connectivity index (χ2n) is 9.81. The van der Waals surface area contributed by atoms with Crippen LogP contribution in [0.1, 0.15) is 11.1 Å². The van der Waals surface area contributed by atoms with Crippen molar-refractivity contribution < 1.29 is 22.7 Å². The number of benzene rings is 4. The number of rotatable bonds is 10. The first kappa shape index (κ1) is 29.5. The van der Waals surface area contributed by atoms with Crippen molar-refractivity contribution in [3.8, 4) is 5.75 Å². The smallest absolute Gasteiger partial charge is 0.263 e. The average Bonchev–Trinajstić information content (AvgIpc) is 3.02. The number of nitrogens with zero attached hydrogens (tertiary/aromatic N) is 2. The van der Waals surface area contributed by atoms with Gasteiger partial charge >= 0.3 is 0 Å². The van der Waals surface area contributed by atoms with E-state index >= 15 is 0 Å². The molecule has 0 fully saturated rings. The molecule has 0 saturated heterocycles. The Morgan fingerprint density at radius 3 is 2.17 bits per heavy atom. The van der Waals surface area contributed by atoms with Gasteiger partial charge in [0, 0.05) is 17.6 Å². The zero-order chi connectivity index (χ0) is 29.5. The average molecular weight is 649 g/mol. The number of hydrogen-bond donors (Lipinski definition) is 1. The molecule has 1 N–H and O–H groups in total. The monoisotopic (exact) mass is 647 g/mol. The third-order valence-corrected chi connectivity index (χ3v) is 9.32. The fourth-order valence-corrected chi connectivity index (χ4v) is 6.34. The number of anilines is 1. The molecule has 216 valence electrons. The number of nitrogens with one attached hydrogen (secondary N) is 1. The molecule has 5 rings (SSSR count). The van der Waals surface area contributed by atoms with Gasteiger partial charge in [-0.25, -0.2) is 8.42 Å². The maximum Gasteiger partial charge on any atom is 0.263 e. The molecule has 2 amide bonds. The van der Waals surface area contributed by atoms with E-state index in [0.717, 1.165) is 15.6 Å². The van der Waals surface area contributed by atoms with E-state index in [4.69, 9.17) is 4.74 Å². The van der Waals surface area contributed by atoms with E-state index in [1.807, 2.05) is 60.7 Å². The molecule has 0 saturated carbocycles. The lowest BCUT2D eigenvalue weighted by atomic mass is 10.1. The minimum Gasteiger partial charge on any atom is -0.477 e. The third kappa shape index (κ3) is 7.07. The van der Waals surface area contributed by atoms with Gasteiger partial charge in [0.1, 0.15) is 5.75 Å². The highest BCUT2D eigenvalue weighted by Crippen LogP contribution is 2.33. The van der Waals surface area contributed by atoms with E-state index in [0.29, 0.717) is 24.4 Å². The van der Waals surface area contributed by atoms with Crippen molar-refractivity contribution in [1.29, 1.82) is 0 Å². The largest absolute Gasteiger partial charge is 0.477 e. The molecule has 0 aliphatic carbocycles. The molecule has 1 aliphatic heterocycles. The summed E-state index contributed by atoms with van der Waals surface area (Å²) >= 11 is 3.35. The lowest BCUT2D eigenvalue weighted by Gasteiger charge is -2.35. The van der Waals surface area contributed by atoms with Gasteiger partial charge in [-0.2, -0.15) is 4.31 Å². The molecule has 0 bridgehead atoms. The van der Waals surface area contributed by atoms with Gasteiger partial charge in [0.05, 0.1) is 23.7 Å². The topological polar surface area (TPSA) is 96.0 Å². The molecule has 4 aromatic carbocycles. The number of carbonyl (C=O) groups is 2. The van der Waals surface area contributed by atoms with Gasteiger partial charge in [0.2, 0.25) is 15.9 Å². The van der Waals surface area contributed by atoms with Gasteiger partial charge in [0.15, 0.2) is 6.10 Å². The van der Waals surface area contributed by atoms with E-state index in [9.17, 15) is 18.0 Å². The molecule has 1 atom stereocenters. The fraction of sp³-hybridized carbons (Fsp3) is 0.188. The van der Waals surface area contributed by atoms with E-state index in [1.54, 1.807) is 36.4 Å². The summed E-state index contributed by atoms with van der Waals surface area (Å²) in [5.74, 6) is -0.446. The van der Waals surface area contributed by atoms with Gasteiger partial charge < -0.3 is 15.0 Å². The number of amides is 2. The van der Waals surface area contributed by atoms with E-state index in [-0.39, 0.29) is 23.9 Å². The zero-order valence-corrected chi connectivity index (χ0v) is 25.1. The van der Waals surface area contributed by atoms with Crippen molar-refractivity contribution in [2.75, 3.05) is 24.5 Å². The van der Waals surface area contributed by atoms with Crippen LogP contribution in [-0.4, -0.2) is 50.3 Å². The summed E-state index contributed by atoms with van der Waals surface area (Å²) in [5, 5.41) is 2.88. The lowest BCUT2D eigenvalue weighted by Crippen LogP contribution is -2.53. The SMILES string of the molecule is O=C(NCc1ccccc1)C1CN(C(=O)CN(CCc2ccccc2)S(=O)(=O)c2ccc(Br)cc2)c2ccccc2O1. The first-order valence-corrected chi connectivity index (χ1v) is 15.7. The Kier molecular flexibility index (Phi) is 9.36. The van der Waals surface area contributed by atoms with E-state index < -0.39 is 28.6 Å². The maximum absolute atomic E-state index is 13.9. The zero-order valence-electron chi connectivity index (χ0n) is 22.7. The van der Waals surface area contributed by atoms with Crippen LogP contribution in [0.3, 0.4) is 0 Å². The molecule has 0 spiro atoms. The molecule has 8 nitrogen and oxygen atoms in total. The predicted molar refractivity (Wildman–Crippen MR) is 165 cm³/mol. The highest BCUT2D eigenvalue weighted by molar-refractivity contribution is 9.10. The van der Waals surface area contributed by atoms with Crippen molar-refractivity contribution in [2.24, 2.45) is 0 Å². The van der Waals surface area contributed by atoms with Crippen LogP contribution in [0.5, 0.6) is 5.75 Å².